The van der Waals surface area contributed by atoms with Crippen LogP contribution in [0.2, 0.25) is 0 Å². The Kier molecular flexibility index (Phi) is 5.98. The van der Waals surface area contributed by atoms with E-state index in [9.17, 15) is 9.59 Å². The number of hydrogen-bond donors (Lipinski definition) is 2. The maximum atomic E-state index is 12.1. The maximum Gasteiger partial charge on any atom is 0.234 e. The lowest BCUT2D eigenvalue weighted by molar-refractivity contribution is -0.114. The second-order valence-electron chi connectivity index (χ2n) is 5.35. The highest BCUT2D eigenvalue weighted by atomic mass is 32.2. The molecule has 2 amide bonds. The Bertz CT molecular complexity index is 895. The van der Waals surface area contributed by atoms with Gasteiger partial charge in [-0.2, -0.15) is 4.37 Å². The molecule has 0 saturated carbocycles. The minimum atomic E-state index is -0.134. The number of hydrogen-bond acceptors (Lipinski definition) is 6. The van der Waals surface area contributed by atoms with Gasteiger partial charge in [0.1, 0.15) is 0 Å². The highest BCUT2D eigenvalue weighted by Crippen LogP contribution is 2.25. The van der Waals surface area contributed by atoms with E-state index in [0.717, 1.165) is 9.90 Å². The molecule has 0 radical (unpaired) electrons. The molecule has 8 heteroatoms. The lowest BCUT2D eigenvalue weighted by Gasteiger charge is -2.06. The van der Waals surface area contributed by atoms with E-state index in [1.54, 1.807) is 24.3 Å². The van der Waals surface area contributed by atoms with E-state index in [-0.39, 0.29) is 17.6 Å². The molecule has 0 bridgehead atoms. The second kappa shape index (κ2) is 8.59. The topological polar surface area (TPSA) is 84.0 Å². The molecule has 26 heavy (non-hydrogen) atoms. The summed E-state index contributed by atoms with van der Waals surface area (Å²) in [5, 5.41) is 5.49. The quantitative estimate of drug-likeness (QED) is 0.630. The Labute approximate surface area is 159 Å². The molecule has 1 heterocycles. The number of anilines is 2. The van der Waals surface area contributed by atoms with E-state index in [4.69, 9.17) is 0 Å². The highest BCUT2D eigenvalue weighted by Gasteiger charge is 2.09. The molecule has 3 rings (SSSR count). The van der Waals surface area contributed by atoms with Gasteiger partial charge in [-0.05, 0) is 35.8 Å². The summed E-state index contributed by atoms with van der Waals surface area (Å²) in [6, 6.07) is 16.7. The first kappa shape index (κ1) is 18.1. The smallest absolute Gasteiger partial charge is 0.234 e. The number of thioether (sulfide) groups is 1. The van der Waals surface area contributed by atoms with Gasteiger partial charge in [-0.3, -0.25) is 9.59 Å². The number of benzene rings is 2. The third-order valence-corrected chi connectivity index (χ3v) is 5.09. The van der Waals surface area contributed by atoms with E-state index in [2.05, 4.69) is 20.0 Å². The van der Waals surface area contributed by atoms with Gasteiger partial charge in [0.15, 0.2) is 10.2 Å². The molecule has 0 aliphatic heterocycles. The molecule has 0 fully saturated rings. The lowest BCUT2D eigenvalue weighted by atomic mass is 10.2. The van der Waals surface area contributed by atoms with Crippen molar-refractivity contribution in [3.05, 3.63) is 54.6 Å². The Morgan fingerprint density at radius 2 is 1.65 bits per heavy atom. The SMILES string of the molecule is CC(=O)Nc1ccc(NC(=O)CSc2nc(-c3ccccc3)ns2)cc1. The van der Waals surface area contributed by atoms with Crippen molar-refractivity contribution in [2.45, 2.75) is 11.3 Å². The van der Waals surface area contributed by atoms with E-state index < -0.39 is 0 Å². The molecule has 3 aromatic rings. The van der Waals surface area contributed by atoms with Crippen molar-refractivity contribution < 1.29 is 9.59 Å². The van der Waals surface area contributed by atoms with Crippen LogP contribution in [0.4, 0.5) is 11.4 Å². The monoisotopic (exact) mass is 384 g/mol. The van der Waals surface area contributed by atoms with Gasteiger partial charge in [-0.25, -0.2) is 4.98 Å². The van der Waals surface area contributed by atoms with E-state index in [1.807, 2.05) is 30.3 Å². The molecule has 0 unspecified atom stereocenters. The minimum Gasteiger partial charge on any atom is -0.326 e. The first-order chi connectivity index (χ1) is 12.6. The van der Waals surface area contributed by atoms with E-state index in [0.29, 0.717) is 17.2 Å². The Morgan fingerprint density at radius 1 is 1.00 bits per heavy atom. The average molecular weight is 384 g/mol. The molecule has 1 aromatic heterocycles. The van der Waals surface area contributed by atoms with Gasteiger partial charge >= 0.3 is 0 Å². The van der Waals surface area contributed by atoms with Gasteiger partial charge in [0.25, 0.3) is 0 Å². The van der Waals surface area contributed by atoms with Crippen LogP contribution in [0.15, 0.2) is 58.9 Å². The molecule has 2 aromatic carbocycles. The van der Waals surface area contributed by atoms with Crippen molar-refractivity contribution in [2.75, 3.05) is 16.4 Å². The molecule has 0 aliphatic rings. The van der Waals surface area contributed by atoms with Crippen LogP contribution in [0.3, 0.4) is 0 Å². The average Bonchev–Trinajstić information content (AvgIpc) is 3.11. The number of aromatic nitrogens is 2. The van der Waals surface area contributed by atoms with Crippen LogP contribution in [-0.4, -0.2) is 26.9 Å². The zero-order chi connectivity index (χ0) is 18.4. The summed E-state index contributed by atoms with van der Waals surface area (Å²) in [6.07, 6.45) is 0. The molecular weight excluding hydrogens is 368 g/mol. The van der Waals surface area contributed by atoms with Crippen LogP contribution in [0.5, 0.6) is 0 Å². The normalized spacial score (nSPS) is 10.3. The molecule has 0 spiro atoms. The molecule has 0 saturated heterocycles. The van der Waals surface area contributed by atoms with Crippen LogP contribution in [0, 0.1) is 0 Å². The van der Waals surface area contributed by atoms with Crippen molar-refractivity contribution in [3.8, 4) is 11.4 Å². The van der Waals surface area contributed by atoms with Gasteiger partial charge < -0.3 is 10.6 Å². The fourth-order valence-electron chi connectivity index (χ4n) is 2.14. The number of rotatable bonds is 6. The zero-order valence-electron chi connectivity index (χ0n) is 13.9. The Hall–Kier alpha value is -2.71. The van der Waals surface area contributed by atoms with Crippen molar-refractivity contribution in [2.24, 2.45) is 0 Å². The molecule has 0 atom stereocenters. The third kappa shape index (κ3) is 5.14. The van der Waals surface area contributed by atoms with Gasteiger partial charge in [-0.1, -0.05) is 42.1 Å². The number of carbonyl (C=O) groups is 2. The first-order valence-electron chi connectivity index (χ1n) is 7.79. The van der Waals surface area contributed by atoms with Crippen molar-refractivity contribution in [3.63, 3.8) is 0 Å². The van der Waals surface area contributed by atoms with Crippen LogP contribution in [0.25, 0.3) is 11.4 Å². The van der Waals surface area contributed by atoms with Gasteiger partial charge in [0.2, 0.25) is 11.8 Å². The van der Waals surface area contributed by atoms with E-state index >= 15 is 0 Å². The van der Waals surface area contributed by atoms with E-state index in [1.165, 1.54) is 30.2 Å². The number of nitrogens with one attached hydrogen (secondary N) is 2. The molecule has 0 aliphatic carbocycles. The summed E-state index contributed by atoms with van der Waals surface area (Å²) in [4.78, 5) is 27.5. The Balaban J connectivity index is 1.51. The zero-order valence-corrected chi connectivity index (χ0v) is 15.6. The largest absolute Gasteiger partial charge is 0.326 e. The first-order valence-corrected chi connectivity index (χ1v) is 9.55. The summed E-state index contributed by atoms with van der Waals surface area (Å²) in [5.74, 6) is 0.660. The number of nitrogens with zero attached hydrogens (tertiary/aromatic N) is 2. The van der Waals surface area contributed by atoms with Gasteiger partial charge in [0, 0.05) is 23.9 Å². The summed E-state index contributed by atoms with van der Waals surface area (Å²) in [5.41, 5.74) is 2.32. The fraction of sp³-hybridized carbons (Fsp3) is 0.111. The highest BCUT2D eigenvalue weighted by molar-refractivity contribution is 8.01. The minimum absolute atomic E-state index is 0.126. The molecule has 132 valence electrons. The van der Waals surface area contributed by atoms with Crippen LogP contribution in [0.1, 0.15) is 6.92 Å². The number of carbonyl (C=O) groups excluding carboxylic acids is 2. The maximum absolute atomic E-state index is 12.1. The van der Waals surface area contributed by atoms with Gasteiger partial charge in [0.05, 0.1) is 5.75 Å². The summed E-state index contributed by atoms with van der Waals surface area (Å²) < 4.78 is 5.08. The van der Waals surface area contributed by atoms with Crippen molar-refractivity contribution in [1.82, 2.24) is 9.36 Å². The predicted octanol–water partition coefficient (Wildman–Crippen LogP) is 3.89. The third-order valence-electron chi connectivity index (χ3n) is 3.26. The second-order valence-corrected chi connectivity index (χ2v) is 7.32. The van der Waals surface area contributed by atoms with Crippen molar-refractivity contribution in [1.29, 1.82) is 0 Å². The van der Waals surface area contributed by atoms with Gasteiger partial charge in [-0.15, -0.1) is 0 Å². The number of amides is 2. The summed E-state index contributed by atoms with van der Waals surface area (Å²) in [6.45, 7) is 1.45. The van der Waals surface area contributed by atoms with Crippen LogP contribution in [-0.2, 0) is 9.59 Å². The fourth-order valence-corrected chi connectivity index (χ4v) is 3.55. The summed E-state index contributed by atoms with van der Waals surface area (Å²) >= 11 is 2.63. The molecule has 2 N–H and O–H groups in total. The van der Waals surface area contributed by atoms with Crippen molar-refractivity contribution >= 4 is 46.5 Å². The lowest BCUT2D eigenvalue weighted by Crippen LogP contribution is -2.14. The Morgan fingerprint density at radius 3 is 2.31 bits per heavy atom. The van der Waals surface area contributed by atoms with Crippen LogP contribution >= 0.6 is 23.3 Å². The predicted molar refractivity (Wildman–Crippen MR) is 105 cm³/mol. The van der Waals surface area contributed by atoms with Crippen LogP contribution < -0.4 is 10.6 Å². The molecule has 6 nitrogen and oxygen atoms in total. The molecular formula is C18H16N4O2S2. The summed E-state index contributed by atoms with van der Waals surface area (Å²) in [7, 11) is 0. The standard InChI is InChI=1S/C18H16N4O2S2/c1-12(23)19-14-7-9-15(10-8-14)20-16(24)11-25-18-21-17(22-26-18)13-5-3-2-4-6-13/h2-10H,11H2,1H3,(H,19,23)(H,20,24).